The number of ether oxygens (including phenoxy) is 2. The maximum absolute atomic E-state index is 8.43. The Labute approximate surface area is 85.7 Å². The molecular weight excluding hydrogens is 202 g/mol. The number of nitrogens with two attached hydrogens (primary N) is 1. The summed E-state index contributed by atoms with van der Waals surface area (Å²) in [5.41, 5.74) is 6.87. The number of hydroxylamine groups is 1. The molecule has 0 aromatic carbocycles. The van der Waals surface area contributed by atoms with Crippen LogP contribution in [-0.4, -0.2) is 35.4 Å². The minimum Gasteiger partial charge on any atom is -0.481 e. The van der Waals surface area contributed by atoms with Crippen molar-refractivity contribution in [2.24, 2.45) is 10.7 Å². The fourth-order valence-electron chi connectivity index (χ4n) is 0.784. The van der Waals surface area contributed by atoms with Gasteiger partial charge in [-0.3, -0.25) is 5.21 Å². The highest BCUT2D eigenvalue weighted by Crippen LogP contribution is 2.18. The van der Waals surface area contributed by atoms with Crippen LogP contribution in [0, 0.1) is 0 Å². The number of aromatic nitrogens is 2. The molecule has 1 rings (SSSR count). The van der Waals surface area contributed by atoms with Crippen molar-refractivity contribution in [1.29, 1.82) is 0 Å². The number of aliphatic imine (C=N–C) groups is 1. The molecule has 0 bridgehead atoms. The van der Waals surface area contributed by atoms with Gasteiger partial charge in [0.2, 0.25) is 17.7 Å². The van der Waals surface area contributed by atoms with Gasteiger partial charge < -0.3 is 15.2 Å². The number of guanidine groups is 1. The zero-order valence-electron chi connectivity index (χ0n) is 8.26. The third-order valence-electron chi connectivity index (χ3n) is 1.42. The van der Waals surface area contributed by atoms with Crippen molar-refractivity contribution in [3.05, 3.63) is 6.07 Å². The summed E-state index contributed by atoms with van der Waals surface area (Å²) in [5.74, 6) is 0.355. The van der Waals surface area contributed by atoms with Crippen molar-refractivity contribution in [2.75, 3.05) is 14.2 Å². The highest BCUT2D eigenvalue weighted by molar-refractivity contribution is 5.78. The van der Waals surface area contributed by atoms with Gasteiger partial charge in [0.05, 0.1) is 20.3 Å². The minimum atomic E-state index is -0.231. The second-order valence-electron chi connectivity index (χ2n) is 2.36. The lowest BCUT2D eigenvalue weighted by Gasteiger charge is -2.03. The molecule has 8 nitrogen and oxygen atoms in total. The van der Waals surface area contributed by atoms with Gasteiger partial charge in [-0.25, -0.2) is 5.48 Å². The Balaban J connectivity index is 3.07. The zero-order valence-corrected chi connectivity index (χ0v) is 8.26. The second kappa shape index (κ2) is 4.96. The molecule has 4 N–H and O–H groups in total. The van der Waals surface area contributed by atoms with Crippen LogP contribution in [0.1, 0.15) is 0 Å². The topological polar surface area (TPSA) is 115 Å². The molecule has 0 saturated carbocycles. The first-order valence-corrected chi connectivity index (χ1v) is 3.91. The van der Waals surface area contributed by atoms with Crippen LogP contribution < -0.4 is 20.7 Å². The molecule has 1 heterocycles. The van der Waals surface area contributed by atoms with Crippen LogP contribution in [0.2, 0.25) is 0 Å². The summed E-state index contributed by atoms with van der Waals surface area (Å²) >= 11 is 0. The molecule has 0 saturated heterocycles. The third kappa shape index (κ3) is 2.95. The van der Waals surface area contributed by atoms with Crippen LogP contribution in [0.25, 0.3) is 0 Å². The van der Waals surface area contributed by atoms with Gasteiger partial charge in [0, 0.05) is 0 Å². The number of hydrogen-bond acceptors (Lipinski definition) is 6. The van der Waals surface area contributed by atoms with Crippen LogP contribution in [0.5, 0.6) is 11.8 Å². The summed E-state index contributed by atoms with van der Waals surface area (Å²) in [6.45, 7) is 0. The van der Waals surface area contributed by atoms with Crippen LogP contribution in [0.15, 0.2) is 11.1 Å². The highest BCUT2D eigenvalue weighted by atomic mass is 16.5. The van der Waals surface area contributed by atoms with Gasteiger partial charge in [-0.15, -0.1) is 0 Å². The van der Waals surface area contributed by atoms with E-state index in [1.807, 2.05) is 0 Å². The lowest BCUT2D eigenvalue weighted by Crippen LogP contribution is -2.27. The first-order valence-electron chi connectivity index (χ1n) is 3.91. The standard InChI is InChI=1S/C7H11N5O3/c1-14-4-3-5(15-2)10-7(9-4)11-6(8)12-13/h3,13H,1-2H3,(H3,8,9,10,11,12). The Kier molecular flexibility index (Phi) is 3.63. The summed E-state index contributed by atoms with van der Waals surface area (Å²) in [6, 6.07) is 1.49. The summed E-state index contributed by atoms with van der Waals surface area (Å²) in [7, 11) is 2.89. The molecule has 0 aliphatic heterocycles. The summed E-state index contributed by atoms with van der Waals surface area (Å²) < 4.78 is 9.78. The smallest absolute Gasteiger partial charge is 0.259 e. The van der Waals surface area contributed by atoms with E-state index < -0.39 is 0 Å². The first kappa shape index (κ1) is 11.0. The monoisotopic (exact) mass is 213 g/mol. The van der Waals surface area contributed by atoms with E-state index in [2.05, 4.69) is 15.0 Å². The van der Waals surface area contributed by atoms with Gasteiger partial charge in [-0.05, 0) is 0 Å². The largest absolute Gasteiger partial charge is 0.481 e. The predicted molar refractivity (Wildman–Crippen MR) is 51.3 cm³/mol. The van der Waals surface area contributed by atoms with Crippen molar-refractivity contribution < 1.29 is 14.7 Å². The van der Waals surface area contributed by atoms with Crippen LogP contribution in [0.4, 0.5) is 5.95 Å². The maximum Gasteiger partial charge on any atom is 0.259 e. The van der Waals surface area contributed by atoms with Gasteiger partial charge >= 0.3 is 0 Å². The third-order valence-corrected chi connectivity index (χ3v) is 1.42. The molecule has 0 atom stereocenters. The van der Waals surface area contributed by atoms with Crippen molar-refractivity contribution in [1.82, 2.24) is 15.4 Å². The van der Waals surface area contributed by atoms with Gasteiger partial charge in [0.25, 0.3) is 5.95 Å². The molecular formula is C7H11N5O3. The summed E-state index contributed by atoms with van der Waals surface area (Å²) in [4.78, 5) is 11.4. The van der Waals surface area contributed by atoms with Gasteiger partial charge in [0.15, 0.2) is 0 Å². The summed E-state index contributed by atoms with van der Waals surface area (Å²) in [5, 5.41) is 8.43. The normalized spacial score (nSPS) is 11.0. The SMILES string of the molecule is COc1cc(OC)nc(N=C(N)NO)n1. The number of hydrogen-bond donors (Lipinski definition) is 3. The van der Waals surface area contributed by atoms with Crippen LogP contribution in [0.3, 0.4) is 0 Å². The molecule has 15 heavy (non-hydrogen) atoms. The van der Waals surface area contributed by atoms with E-state index in [0.717, 1.165) is 0 Å². The number of nitrogens with zero attached hydrogens (tertiary/aromatic N) is 3. The van der Waals surface area contributed by atoms with E-state index in [1.54, 1.807) is 5.48 Å². The van der Waals surface area contributed by atoms with E-state index in [0.29, 0.717) is 0 Å². The lowest BCUT2D eigenvalue weighted by atomic mass is 10.6. The summed E-state index contributed by atoms with van der Waals surface area (Å²) in [6.07, 6.45) is 0. The molecule has 0 aliphatic carbocycles. The predicted octanol–water partition coefficient (Wildman–Crippen LogP) is -0.581. The van der Waals surface area contributed by atoms with Crippen molar-refractivity contribution in [3.63, 3.8) is 0 Å². The molecule has 0 unspecified atom stereocenters. The van der Waals surface area contributed by atoms with Crippen LogP contribution >= 0.6 is 0 Å². The van der Waals surface area contributed by atoms with Gasteiger partial charge in [-0.2, -0.15) is 15.0 Å². The number of rotatable bonds is 3. The van der Waals surface area contributed by atoms with Gasteiger partial charge in [0.1, 0.15) is 0 Å². The average Bonchev–Trinajstić information content (AvgIpc) is 2.28. The van der Waals surface area contributed by atoms with Crippen molar-refractivity contribution >= 4 is 11.9 Å². The van der Waals surface area contributed by atoms with Gasteiger partial charge in [-0.1, -0.05) is 0 Å². The molecule has 0 aliphatic rings. The van der Waals surface area contributed by atoms with Crippen molar-refractivity contribution in [2.45, 2.75) is 0 Å². The fraction of sp³-hybridized carbons (Fsp3) is 0.286. The van der Waals surface area contributed by atoms with E-state index in [4.69, 9.17) is 20.4 Å². The van der Waals surface area contributed by atoms with E-state index in [1.165, 1.54) is 20.3 Å². The number of nitrogens with one attached hydrogen (secondary N) is 1. The Morgan fingerprint density at radius 1 is 1.40 bits per heavy atom. The molecule has 8 heteroatoms. The first-order chi connectivity index (χ1) is 7.19. The van der Waals surface area contributed by atoms with Crippen molar-refractivity contribution in [3.8, 4) is 11.8 Å². The Morgan fingerprint density at radius 2 is 1.93 bits per heavy atom. The molecule has 82 valence electrons. The molecule has 0 fully saturated rings. The quantitative estimate of drug-likeness (QED) is 0.349. The Morgan fingerprint density at radius 3 is 2.33 bits per heavy atom. The molecule has 0 spiro atoms. The fourth-order valence-corrected chi connectivity index (χ4v) is 0.784. The average molecular weight is 213 g/mol. The molecule has 0 radical (unpaired) electrons. The molecule has 1 aromatic rings. The highest BCUT2D eigenvalue weighted by Gasteiger charge is 2.04. The van der Waals surface area contributed by atoms with E-state index in [-0.39, 0.29) is 23.7 Å². The maximum atomic E-state index is 8.43. The second-order valence-corrected chi connectivity index (χ2v) is 2.36. The van der Waals surface area contributed by atoms with Crippen LogP contribution in [-0.2, 0) is 0 Å². The minimum absolute atomic E-state index is 0.0188. The Bertz CT molecular complexity index is 345. The van der Waals surface area contributed by atoms with E-state index in [9.17, 15) is 0 Å². The molecule has 0 amide bonds. The number of methoxy groups -OCH3 is 2. The lowest BCUT2D eigenvalue weighted by molar-refractivity contribution is 0.233. The van der Waals surface area contributed by atoms with E-state index >= 15 is 0 Å². The zero-order chi connectivity index (χ0) is 11.3. The Hall–Kier alpha value is -2.09. The molecule has 1 aromatic heterocycles.